The van der Waals surface area contributed by atoms with Crippen molar-refractivity contribution in [2.75, 3.05) is 6.54 Å². The molecule has 0 saturated carbocycles. The lowest BCUT2D eigenvalue weighted by Gasteiger charge is -1.85. The van der Waals surface area contributed by atoms with Crippen molar-refractivity contribution < 1.29 is 0 Å². The highest BCUT2D eigenvalue weighted by atomic mass is 14.7. The SMILES string of the molecule is C#C.CCCN=C(C)C. The Kier molecular flexibility index (Phi) is 12.6. The molecule has 0 heterocycles. The maximum absolute atomic E-state index is 4.16. The summed E-state index contributed by atoms with van der Waals surface area (Å²) in [4.78, 5) is 4.16. The number of rotatable bonds is 2. The first kappa shape index (κ1) is 11.1. The van der Waals surface area contributed by atoms with Crippen molar-refractivity contribution in [3.63, 3.8) is 0 Å². The van der Waals surface area contributed by atoms with E-state index in [2.05, 4.69) is 24.8 Å². The normalized spacial score (nSPS) is 6.78. The highest BCUT2D eigenvalue weighted by Gasteiger charge is 1.73. The predicted octanol–water partition coefficient (Wildman–Crippen LogP) is 2.13. The van der Waals surface area contributed by atoms with Crippen LogP contribution in [0.4, 0.5) is 0 Å². The fourth-order valence-corrected chi connectivity index (χ4v) is 0.335. The fourth-order valence-electron chi connectivity index (χ4n) is 0.335. The van der Waals surface area contributed by atoms with Crippen LogP contribution in [0, 0.1) is 12.8 Å². The molecule has 0 unspecified atom stereocenters. The number of aliphatic imine (C=N–C) groups is 1. The van der Waals surface area contributed by atoms with Crippen LogP contribution in [0.15, 0.2) is 4.99 Å². The molecule has 1 heteroatoms. The Labute approximate surface area is 58.2 Å². The number of nitrogens with zero attached hydrogens (tertiary/aromatic N) is 1. The zero-order valence-electron chi connectivity index (χ0n) is 6.52. The molecule has 0 fully saturated rings. The molecule has 0 spiro atoms. The summed E-state index contributed by atoms with van der Waals surface area (Å²) in [5.74, 6) is 0. The average molecular weight is 125 g/mol. The van der Waals surface area contributed by atoms with Crippen molar-refractivity contribution in [1.29, 1.82) is 0 Å². The van der Waals surface area contributed by atoms with E-state index < -0.39 is 0 Å². The topological polar surface area (TPSA) is 12.4 Å². The molecule has 0 aromatic carbocycles. The molecule has 0 aromatic heterocycles. The van der Waals surface area contributed by atoms with E-state index in [4.69, 9.17) is 0 Å². The van der Waals surface area contributed by atoms with E-state index in [9.17, 15) is 0 Å². The molecule has 0 radical (unpaired) electrons. The summed E-state index contributed by atoms with van der Waals surface area (Å²) in [6, 6.07) is 0. The number of terminal acetylenes is 1. The molecule has 0 atom stereocenters. The first-order valence-electron chi connectivity index (χ1n) is 3.08. The third-order valence-electron chi connectivity index (χ3n) is 0.652. The molecule has 0 saturated heterocycles. The number of hydrogen-bond donors (Lipinski definition) is 0. The fraction of sp³-hybridized carbons (Fsp3) is 0.625. The van der Waals surface area contributed by atoms with Crippen LogP contribution in [0.5, 0.6) is 0 Å². The lowest BCUT2D eigenvalue weighted by atomic mass is 10.4. The largest absolute Gasteiger partial charge is 0.295 e. The molecule has 0 aliphatic carbocycles. The number of hydrogen-bond acceptors (Lipinski definition) is 1. The van der Waals surface area contributed by atoms with E-state index in [-0.39, 0.29) is 0 Å². The quantitative estimate of drug-likeness (QED) is 0.396. The van der Waals surface area contributed by atoms with Gasteiger partial charge in [-0.05, 0) is 20.3 Å². The Bertz CT molecular complexity index is 86.0. The molecule has 52 valence electrons. The molecule has 0 rings (SSSR count). The van der Waals surface area contributed by atoms with Gasteiger partial charge in [0, 0.05) is 12.3 Å². The second kappa shape index (κ2) is 10.3. The van der Waals surface area contributed by atoms with E-state index in [1.807, 2.05) is 13.8 Å². The molecule has 1 nitrogen and oxygen atoms in total. The summed E-state index contributed by atoms with van der Waals surface area (Å²) in [6.45, 7) is 7.17. The van der Waals surface area contributed by atoms with E-state index in [1.54, 1.807) is 0 Å². The first-order chi connectivity index (χ1) is 4.27. The third kappa shape index (κ3) is 19.0. The van der Waals surface area contributed by atoms with Gasteiger partial charge in [0.25, 0.3) is 0 Å². The predicted molar refractivity (Wildman–Crippen MR) is 43.8 cm³/mol. The van der Waals surface area contributed by atoms with Crippen LogP contribution in [0.1, 0.15) is 27.2 Å². The van der Waals surface area contributed by atoms with Crippen LogP contribution in [-0.2, 0) is 0 Å². The van der Waals surface area contributed by atoms with E-state index in [0.717, 1.165) is 13.0 Å². The summed E-state index contributed by atoms with van der Waals surface area (Å²) >= 11 is 0. The maximum Gasteiger partial charge on any atom is 0.0385 e. The summed E-state index contributed by atoms with van der Waals surface area (Å²) < 4.78 is 0. The summed E-state index contributed by atoms with van der Waals surface area (Å²) in [6.07, 6.45) is 9.16. The van der Waals surface area contributed by atoms with Gasteiger partial charge in [-0.15, -0.1) is 12.8 Å². The Morgan fingerprint density at radius 1 is 1.33 bits per heavy atom. The lowest BCUT2D eigenvalue weighted by Crippen LogP contribution is -1.82. The van der Waals surface area contributed by atoms with Crippen LogP contribution >= 0.6 is 0 Å². The second-order valence-electron chi connectivity index (χ2n) is 1.83. The standard InChI is InChI=1S/C6H13N.C2H2/c1-4-5-7-6(2)3;1-2/h4-5H2,1-3H3;1-2H. The molecule has 0 amide bonds. The Hall–Kier alpha value is -0.770. The van der Waals surface area contributed by atoms with Gasteiger partial charge in [0.1, 0.15) is 0 Å². The zero-order valence-corrected chi connectivity index (χ0v) is 6.52. The Balaban J connectivity index is 0. The lowest BCUT2D eigenvalue weighted by molar-refractivity contribution is 0.930. The van der Waals surface area contributed by atoms with Crippen LogP contribution in [0.2, 0.25) is 0 Å². The van der Waals surface area contributed by atoms with Gasteiger partial charge < -0.3 is 0 Å². The summed E-state index contributed by atoms with van der Waals surface area (Å²) in [5.41, 5.74) is 1.18. The molecular formula is C8H15N. The zero-order chi connectivity index (χ0) is 7.70. The first-order valence-corrected chi connectivity index (χ1v) is 3.08. The van der Waals surface area contributed by atoms with Crippen molar-refractivity contribution in [3.8, 4) is 12.8 Å². The van der Waals surface area contributed by atoms with Gasteiger partial charge in [-0.25, -0.2) is 0 Å². The minimum Gasteiger partial charge on any atom is -0.295 e. The van der Waals surface area contributed by atoms with E-state index >= 15 is 0 Å². The maximum atomic E-state index is 4.16. The minimum atomic E-state index is 0.988. The van der Waals surface area contributed by atoms with Gasteiger partial charge in [-0.3, -0.25) is 4.99 Å². The smallest absolute Gasteiger partial charge is 0.0385 e. The molecule has 0 N–H and O–H groups in total. The van der Waals surface area contributed by atoms with Gasteiger partial charge in [-0.2, -0.15) is 0 Å². The second-order valence-corrected chi connectivity index (χ2v) is 1.83. The van der Waals surface area contributed by atoms with Crippen LogP contribution in [-0.4, -0.2) is 12.3 Å². The summed E-state index contributed by atoms with van der Waals surface area (Å²) in [5, 5.41) is 0. The molecule has 9 heavy (non-hydrogen) atoms. The van der Waals surface area contributed by atoms with Crippen molar-refractivity contribution in [2.24, 2.45) is 4.99 Å². The van der Waals surface area contributed by atoms with Crippen molar-refractivity contribution in [2.45, 2.75) is 27.2 Å². The third-order valence-corrected chi connectivity index (χ3v) is 0.652. The van der Waals surface area contributed by atoms with Crippen LogP contribution in [0.25, 0.3) is 0 Å². The Morgan fingerprint density at radius 3 is 1.89 bits per heavy atom. The highest BCUT2D eigenvalue weighted by Crippen LogP contribution is 1.78. The van der Waals surface area contributed by atoms with Crippen molar-refractivity contribution in [3.05, 3.63) is 0 Å². The molecule has 0 aliphatic rings. The Morgan fingerprint density at radius 2 is 1.78 bits per heavy atom. The monoisotopic (exact) mass is 125 g/mol. The minimum absolute atomic E-state index is 0.988. The van der Waals surface area contributed by atoms with E-state index in [1.165, 1.54) is 5.71 Å². The molecular weight excluding hydrogens is 110 g/mol. The molecule has 0 bridgehead atoms. The highest BCUT2D eigenvalue weighted by molar-refractivity contribution is 5.78. The van der Waals surface area contributed by atoms with Crippen molar-refractivity contribution >= 4 is 5.71 Å². The van der Waals surface area contributed by atoms with Gasteiger partial charge in [0.05, 0.1) is 0 Å². The molecule has 0 aromatic rings. The van der Waals surface area contributed by atoms with Crippen molar-refractivity contribution in [1.82, 2.24) is 0 Å². The average Bonchev–Trinajstić information content (AvgIpc) is 1.88. The van der Waals surface area contributed by atoms with Crippen LogP contribution in [0.3, 0.4) is 0 Å². The molecule has 0 aliphatic heterocycles. The van der Waals surface area contributed by atoms with Gasteiger partial charge in [0.2, 0.25) is 0 Å². The summed E-state index contributed by atoms with van der Waals surface area (Å²) in [7, 11) is 0. The van der Waals surface area contributed by atoms with Gasteiger partial charge in [0.15, 0.2) is 0 Å². The van der Waals surface area contributed by atoms with Gasteiger partial charge in [-0.1, -0.05) is 6.92 Å². The van der Waals surface area contributed by atoms with Gasteiger partial charge >= 0.3 is 0 Å². The van der Waals surface area contributed by atoms with E-state index in [0.29, 0.717) is 0 Å². The van der Waals surface area contributed by atoms with Crippen LogP contribution < -0.4 is 0 Å².